The van der Waals surface area contributed by atoms with Gasteiger partial charge in [-0.2, -0.15) is 4.52 Å². The normalized spacial score (nSPS) is 12.1. The van der Waals surface area contributed by atoms with Gasteiger partial charge in [-0.1, -0.05) is 22.9 Å². The molecule has 0 bridgehead atoms. The van der Waals surface area contributed by atoms with Gasteiger partial charge in [0.25, 0.3) is 0 Å². The molecule has 3 heterocycles. The molecule has 0 saturated carbocycles. The van der Waals surface area contributed by atoms with Crippen LogP contribution in [-0.4, -0.2) is 48.5 Å². The molecule has 1 aromatic carbocycles. The summed E-state index contributed by atoms with van der Waals surface area (Å²) in [5.41, 5.74) is 0.907. The van der Waals surface area contributed by atoms with Crippen LogP contribution in [0.2, 0.25) is 5.02 Å². The van der Waals surface area contributed by atoms with Gasteiger partial charge in [0.1, 0.15) is 5.82 Å². The fourth-order valence-electron chi connectivity index (χ4n) is 2.79. The van der Waals surface area contributed by atoms with Gasteiger partial charge >= 0.3 is 0 Å². The number of hydrogen-bond acceptors (Lipinski definition) is 8. The third kappa shape index (κ3) is 3.32. The van der Waals surface area contributed by atoms with Crippen LogP contribution in [0.3, 0.4) is 0 Å². The van der Waals surface area contributed by atoms with Crippen LogP contribution in [0.1, 0.15) is 6.42 Å². The largest absolute Gasteiger partial charge is 0.385 e. The Morgan fingerprint density at radius 2 is 2.18 bits per heavy atom. The van der Waals surface area contributed by atoms with Crippen molar-refractivity contribution in [2.45, 2.75) is 16.3 Å². The van der Waals surface area contributed by atoms with E-state index in [4.69, 9.17) is 16.3 Å². The number of anilines is 1. The van der Waals surface area contributed by atoms with E-state index in [1.165, 1.54) is 28.0 Å². The Bertz CT molecular complexity index is 1250. The van der Waals surface area contributed by atoms with Crippen molar-refractivity contribution in [3.63, 3.8) is 0 Å². The van der Waals surface area contributed by atoms with Crippen LogP contribution in [0.4, 0.5) is 5.82 Å². The summed E-state index contributed by atoms with van der Waals surface area (Å²) in [7, 11) is -2.28. The lowest BCUT2D eigenvalue weighted by Gasteiger charge is -2.08. The summed E-state index contributed by atoms with van der Waals surface area (Å²) < 4.78 is 33.6. The molecule has 0 atom stereocenters. The van der Waals surface area contributed by atoms with E-state index in [9.17, 15) is 8.42 Å². The van der Waals surface area contributed by atoms with E-state index >= 15 is 0 Å². The number of sulfone groups is 1. The minimum atomic E-state index is -3.93. The Balaban J connectivity index is 1.84. The second kappa shape index (κ2) is 7.63. The lowest BCUT2D eigenvalue weighted by molar-refractivity contribution is 0.198. The smallest absolute Gasteiger partial charge is 0.229 e. The van der Waals surface area contributed by atoms with E-state index in [-0.39, 0.29) is 15.6 Å². The molecule has 0 aliphatic rings. The molecule has 4 rings (SSSR count). The van der Waals surface area contributed by atoms with Crippen LogP contribution < -0.4 is 5.32 Å². The molecule has 0 amide bonds. The summed E-state index contributed by atoms with van der Waals surface area (Å²) in [6, 6.07) is 7.90. The first-order valence-corrected chi connectivity index (χ1v) is 11.1. The molecule has 11 heteroatoms. The summed E-state index contributed by atoms with van der Waals surface area (Å²) in [5, 5.41) is 13.2. The quantitative estimate of drug-likeness (QED) is 0.443. The molecule has 0 saturated heterocycles. The number of methoxy groups -OCH3 is 1. The molecule has 146 valence electrons. The van der Waals surface area contributed by atoms with E-state index in [0.717, 1.165) is 16.6 Å². The number of fused-ring (bicyclic) bond motifs is 3. The van der Waals surface area contributed by atoms with Gasteiger partial charge in [-0.15, -0.1) is 16.4 Å². The zero-order valence-corrected chi connectivity index (χ0v) is 17.2. The molecule has 0 aliphatic carbocycles. The second-order valence-corrected chi connectivity index (χ2v) is 9.18. The Labute approximate surface area is 170 Å². The molecule has 8 nitrogen and oxygen atoms in total. The van der Waals surface area contributed by atoms with Gasteiger partial charge in [0.15, 0.2) is 5.65 Å². The minimum absolute atomic E-state index is 0.0456. The molecule has 1 N–H and O–H groups in total. The number of hydrogen-bond donors (Lipinski definition) is 1. The number of halogens is 1. The van der Waals surface area contributed by atoms with Crippen molar-refractivity contribution >= 4 is 54.5 Å². The van der Waals surface area contributed by atoms with Crippen molar-refractivity contribution in [2.24, 2.45) is 0 Å². The van der Waals surface area contributed by atoms with Crippen LogP contribution in [0.15, 0.2) is 45.6 Å². The molecular weight excluding hydrogens is 422 g/mol. The van der Waals surface area contributed by atoms with Crippen molar-refractivity contribution in [3.8, 4) is 0 Å². The van der Waals surface area contributed by atoms with Crippen LogP contribution in [0.5, 0.6) is 0 Å². The van der Waals surface area contributed by atoms with Gasteiger partial charge in [0.05, 0.1) is 15.1 Å². The number of nitrogens with one attached hydrogen (secondary N) is 1. The number of rotatable bonds is 7. The molecule has 0 spiro atoms. The topological polar surface area (TPSA) is 98.5 Å². The number of aromatic nitrogens is 4. The van der Waals surface area contributed by atoms with Crippen molar-refractivity contribution < 1.29 is 13.2 Å². The third-order valence-electron chi connectivity index (χ3n) is 4.10. The van der Waals surface area contributed by atoms with Gasteiger partial charge in [-0.25, -0.2) is 13.4 Å². The second-order valence-electron chi connectivity index (χ2n) is 5.96. The van der Waals surface area contributed by atoms with Crippen molar-refractivity contribution in [1.82, 2.24) is 19.8 Å². The number of ether oxygens (including phenoxy) is 1. The predicted molar refractivity (Wildman–Crippen MR) is 108 cm³/mol. The lowest BCUT2D eigenvalue weighted by Crippen LogP contribution is -2.08. The molecule has 0 aliphatic heterocycles. The summed E-state index contributed by atoms with van der Waals surface area (Å²) in [6.07, 6.45) is 0.793. The zero-order chi connectivity index (χ0) is 19.7. The fraction of sp³-hybridized carbons (Fsp3) is 0.235. The molecular formula is C17H16ClN5O3S2. The Hall–Kier alpha value is -2.27. The zero-order valence-electron chi connectivity index (χ0n) is 14.8. The first-order chi connectivity index (χ1) is 13.5. The van der Waals surface area contributed by atoms with Crippen LogP contribution in [0.25, 0.3) is 15.9 Å². The highest BCUT2D eigenvalue weighted by Gasteiger charge is 2.27. The summed E-state index contributed by atoms with van der Waals surface area (Å²) in [6.45, 7) is 1.26. The summed E-state index contributed by atoms with van der Waals surface area (Å²) in [4.78, 5) is 4.58. The lowest BCUT2D eigenvalue weighted by atomic mass is 10.4. The highest BCUT2D eigenvalue weighted by Crippen LogP contribution is 2.31. The Morgan fingerprint density at radius 1 is 1.32 bits per heavy atom. The maximum Gasteiger partial charge on any atom is 0.229 e. The van der Waals surface area contributed by atoms with Gasteiger partial charge in [-0.3, -0.25) is 0 Å². The minimum Gasteiger partial charge on any atom is -0.385 e. The van der Waals surface area contributed by atoms with Gasteiger partial charge in [0, 0.05) is 25.3 Å². The molecule has 3 aromatic heterocycles. The van der Waals surface area contributed by atoms with Crippen LogP contribution in [-0.2, 0) is 14.6 Å². The highest BCUT2D eigenvalue weighted by atomic mass is 35.5. The van der Waals surface area contributed by atoms with E-state index in [2.05, 4.69) is 20.6 Å². The average Bonchev–Trinajstić information content (AvgIpc) is 3.32. The third-order valence-corrected chi connectivity index (χ3v) is 6.89. The summed E-state index contributed by atoms with van der Waals surface area (Å²) in [5.74, 6) is 0.596. The van der Waals surface area contributed by atoms with E-state index < -0.39 is 9.84 Å². The molecule has 0 fully saturated rings. The van der Waals surface area contributed by atoms with Crippen molar-refractivity contribution in [2.75, 3.05) is 25.6 Å². The highest BCUT2D eigenvalue weighted by molar-refractivity contribution is 7.91. The Kier molecular flexibility index (Phi) is 5.19. The maximum atomic E-state index is 13.1. The molecule has 4 aromatic rings. The number of thiophene rings is 1. The maximum absolute atomic E-state index is 13.1. The van der Waals surface area contributed by atoms with Crippen LogP contribution in [0, 0.1) is 0 Å². The van der Waals surface area contributed by atoms with Gasteiger partial charge < -0.3 is 10.1 Å². The first-order valence-electron chi connectivity index (χ1n) is 8.38. The predicted octanol–water partition coefficient (Wildman–Crippen LogP) is 3.27. The summed E-state index contributed by atoms with van der Waals surface area (Å²) >= 11 is 7.46. The molecule has 0 radical (unpaired) electrons. The Morgan fingerprint density at radius 3 is 2.96 bits per heavy atom. The monoisotopic (exact) mass is 437 g/mol. The van der Waals surface area contributed by atoms with E-state index in [0.29, 0.717) is 24.0 Å². The molecule has 0 unspecified atom stereocenters. The first kappa shape index (κ1) is 19.1. The van der Waals surface area contributed by atoms with E-state index in [1.54, 1.807) is 19.2 Å². The standard InChI is InChI=1S/C17H16ClN5O3S2/c1-26-8-3-7-19-15-14-13(6-9-27-14)23-16(20-15)17(21-22-23)28(24,25)12-5-2-4-11(18)10-12/h2,4-6,9-10H,3,7-8H2,1H3,(H,19,20). The van der Waals surface area contributed by atoms with Gasteiger partial charge in [0.2, 0.25) is 14.9 Å². The SMILES string of the molecule is COCCCNc1nc2c(S(=O)(=O)c3cccc(Cl)c3)nnn2c2ccsc12. The van der Waals surface area contributed by atoms with Crippen molar-refractivity contribution in [1.29, 1.82) is 0 Å². The van der Waals surface area contributed by atoms with Crippen LogP contribution >= 0.6 is 22.9 Å². The average molecular weight is 438 g/mol. The fourth-order valence-corrected chi connectivity index (χ4v) is 5.16. The van der Waals surface area contributed by atoms with E-state index in [1.807, 2.05) is 11.4 Å². The van der Waals surface area contributed by atoms with Gasteiger partial charge in [-0.05, 0) is 36.1 Å². The number of benzene rings is 1. The van der Waals surface area contributed by atoms with Crippen molar-refractivity contribution in [3.05, 3.63) is 40.7 Å². The number of nitrogens with zero attached hydrogens (tertiary/aromatic N) is 4. The molecule has 28 heavy (non-hydrogen) atoms.